The first-order chi connectivity index (χ1) is 7.83. The number of para-hydroxylation sites is 1. The van der Waals surface area contributed by atoms with Gasteiger partial charge in [0.15, 0.2) is 0 Å². The summed E-state index contributed by atoms with van der Waals surface area (Å²) in [4.78, 5) is 0. The van der Waals surface area contributed by atoms with Crippen molar-refractivity contribution in [1.82, 2.24) is 0 Å². The molecule has 2 N–H and O–H groups in total. The number of allylic oxidation sites excluding steroid dienone is 1. The highest BCUT2D eigenvalue weighted by Crippen LogP contribution is 1.98. The van der Waals surface area contributed by atoms with E-state index in [1.807, 2.05) is 54.6 Å². The van der Waals surface area contributed by atoms with E-state index in [9.17, 15) is 0 Å². The summed E-state index contributed by atoms with van der Waals surface area (Å²) in [5.74, 6) is 0. The fraction of sp³-hybridized carbons (Fsp3) is 0.0667. The van der Waals surface area contributed by atoms with E-state index in [0.717, 1.165) is 12.1 Å². The van der Waals surface area contributed by atoms with Crippen molar-refractivity contribution in [3.63, 3.8) is 0 Å². The molecule has 0 amide bonds. The van der Waals surface area contributed by atoms with Crippen LogP contribution >= 0.6 is 0 Å². The second kappa shape index (κ2) is 7.30. The molecule has 82 valence electrons. The molecular weight excluding hydrogens is 194 g/mol. The van der Waals surface area contributed by atoms with Crippen molar-refractivity contribution in [3.05, 3.63) is 78.9 Å². The topological polar surface area (TPSA) is 26.0 Å². The molecule has 0 bridgehead atoms. The molecule has 16 heavy (non-hydrogen) atoms. The number of hydrogen-bond donors (Lipinski definition) is 1. The predicted molar refractivity (Wildman–Crippen MR) is 71.2 cm³/mol. The largest absolute Gasteiger partial charge is 0.399 e. The highest BCUT2D eigenvalue weighted by atomic mass is 14.5. The van der Waals surface area contributed by atoms with Gasteiger partial charge in [0.25, 0.3) is 0 Å². The molecule has 0 spiro atoms. The summed E-state index contributed by atoms with van der Waals surface area (Å²) in [5, 5.41) is 0. The molecule has 0 saturated carbocycles. The summed E-state index contributed by atoms with van der Waals surface area (Å²) in [6.07, 6.45) is 2.89. The van der Waals surface area contributed by atoms with E-state index >= 15 is 0 Å². The van der Waals surface area contributed by atoms with E-state index in [1.165, 1.54) is 5.56 Å². The van der Waals surface area contributed by atoms with E-state index in [1.54, 1.807) is 0 Å². The van der Waals surface area contributed by atoms with Crippen LogP contribution in [0.3, 0.4) is 0 Å². The van der Waals surface area contributed by atoms with Crippen molar-refractivity contribution in [2.45, 2.75) is 6.42 Å². The normalized spacial score (nSPS) is 8.75. The zero-order chi connectivity index (χ0) is 11.6. The first kappa shape index (κ1) is 12.1. The van der Waals surface area contributed by atoms with Crippen molar-refractivity contribution < 1.29 is 0 Å². The van der Waals surface area contributed by atoms with Crippen LogP contribution in [-0.4, -0.2) is 0 Å². The summed E-state index contributed by atoms with van der Waals surface area (Å²) in [5.41, 5.74) is 7.51. The van der Waals surface area contributed by atoms with E-state index in [-0.39, 0.29) is 0 Å². The SMILES string of the molecule is C=CCc1ccccc1.Nc1ccccc1. The van der Waals surface area contributed by atoms with Gasteiger partial charge in [0, 0.05) is 5.69 Å². The fourth-order valence-electron chi connectivity index (χ4n) is 1.23. The van der Waals surface area contributed by atoms with Gasteiger partial charge in [-0.1, -0.05) is 54.6 Å². The molecule has 2 aromatic carbocycles. The van der Waals surface area contributed by atoms with Crippen LogP contribution in [0.5, 0.6) is 0 Å². The minimum absolute atomic E-state index is 0.822. The number of benzene rings is 2. The summed E-state index contributed by atoms with van der Waals surface area (Å²) < 4.78 is 0. The van der Waals surface area contributed by atoms with Crippen molar-refractivity contribution >= 4 is 5.69 Å². The summed E-state index contributed by atoms with van der Waals surface area (Å²) >= 11 is 0. The van der Waals surface area contributed by atoms with Gasteiger partial charge in [0.05, 0.1) is 0 Å². The van der Waals surface area contributed by atoms with Crippen LogP contribution < -0.4 is 5.73 Å². The van der Waals surface area contributed by atoms with E-state index in [2.05, 4.69) is 18.7 Å². The Morgan fingerprint density at radius 1 is 0.875 bits per heavy atom. The van der Waals surface area contributed by atoms with Crippen molar-refractivity contribution in [2.24, 2.45) is 0 Å². The summed E-state index contributed by atoms with van der Waals surface area (Å²) in [6.45, 7) is 3.66. The molecule has 0 fully saturated rings. The minimum Gasteiger partial charge on any atom is -0.399 e. The third-order valence-electron chi connectivity index (χ3n) is 2.02. The van der Waals surface area contributed by atoms with Gasteiger partial charge in [-0.3, -0.25) is 0 Å². The molecule has 0 heterocycles. The highest BCUT2D eigenvalue weighted by Gasteiger charge is 1.82. The summed E-state index contributed by atoms with van der Waals surface area (Å²) in [6, 6.07) is 19.8. The van der Waals surface area contributed by atoms with Gasteiger partial charge >= 0.3 is 0 Å². The lowest BCUT2D eigenvalue weighted by molar-refractivity contribution is 1.28. The molecule has 0 aliphatic carbocycles. The van der Waals surface area contributed by atoms with Gasteiger partial charge in [0.1, 0.15) is 0 Å². The third-order valence-corrected chi connectivity index (χ3v) is 2.02. The molecule has 1 nitrogen and oxygen atoms in total. The second-order valence-corrected chi connectivity index (χ2v) is 3.39. The van der Waals surface area contributed by atoms with Crippen molar-refractivity contribution in [3.8, 4) is 0 Å². The Morgan fingerprint density at radius 2 is 1.38 bits per heavy atom. The summed E-state index contributed by atoms with van der Waals surface area (Å²) in [7, 11) is 0. The van der Waals surface area contributed by atoms with Gasteiger partial charge in [-0.25, -0.2) is 0 Å². The zero-order valence-electron chi connectivity index (χ0n) is 9.34. The van der Waals surface area contributed by atoms with Crippen LogP contribution in [0, 0.1) is 0 Å². The van der Waals surface area contributed by atoms with Crippen LogP contribution in [0.4, 0.5) is 5.69 Å². The number of hydrogen-bond acceptors (Lipinski definition) is 1. The fourth-order valence-corrected chi connectivity index (χ4v) is 1.23. The van der Waals surface area contributed by atoms with Gasteiger partial charge in [-0.05, 0) is 24.1 Å². The van der Waals surface area contributed by atoms with E-state index < -0.39 is 0 Å². The van der Waals surface area contributed by atoms with E-state index in [0.29, 0.717) is 0 Å². The number of nitrogen functional groups attached to an aromatic ring is 1. The molecule has 0 unspecified atom stereocenters. The van der Waals surface area contributed by atoms with Gasteiger partial charge in [-0.15, -0.1) is 6.58 Å². The van der Waals surface area contributed by atoms with Gasteiger partial charge in [0.2, 0.25) is 0 Å². The standard InChI is InChI=1S/C9H10.C6H7N/c1-2-6-9-7-4-3-5-8-9;7-6-4-2-1-3-5-6/h2-5,7-8H,1,6H2;1-5H,7H2. The van der Waals surface area contributed by atoms with Crippen LogP contribution in [0.25, 0.3) is 0 Å². The smallest absolute Gasteiger partial charge is 0.0313 e. The quantitative estimate of drug-likeness (QED) is 0.595. The molecule has 2 aromatic rings. The molecule has 0 saturated heterocycles. The molecule has 0 aliphatic heterocycles. The van der Waals surface area contributed by atoms with Crippen LogP contribution in [0.15, 0.2) is 73.3 Å². The molecule has 0 aromatic heterocycles. The minimum atomic E-state index is 0.822. The van der Waals surface area contributed by atoms with Crippen LogP contribution in [0.1, 0.15) is 5.56 Å². The lowest BCUT2D eigenvalue weighted by atomic mass is 10.2. The predicted octanol–water partition coefficient (Wildman–Crippen LogP) is 3.68. The third kappa shape index (κ3) is 5.01. The van der Waals surface area contributed by atoms with Crippen LogP contribution in [-0.2, 0) is 6.42 Å². The van der Waals surface area contributed by atoms with Crippen molar-refractivity contribution in [1.29, 1.82) is 0 Å². The number of nitrogens with two attached hydrogens (primary N) is 1. The number of rotatable bonds is 2. The average molecular weight is 211 g/mol. The Balaban J connectivity index is 0.000000165. The number of anilines is 1. The maximum atomic E-state index is 5.36. The molecule has 1 heteroatoms. The van der Waals surface area contributed by atoms with Crippen molar-refractivity contribution in [2.75, 3.05) is 5.73 Å². The first-order valence-electron chi connectivity index (χ1n) is 5.28. The Hall–Kier alpha value is -2.02. The highest BCUT2D eigenvalue weighted by molar-refractivity contribution is 5.35. The Morgan fingerprint density at radius 3 is 1.75 bits per heavy atom. The lowest BCUT2D eigenvalue weighted by Gasteiger charge is -1.91. The van der Waals surface area contributed by atoms with Gasteiger partial charge in [-0.2, -0.15) is 0 Å². The molecule has 2 rings (SSSR count). The second-order valence-electron chi connectivity index (χ2n) is 3.39. The Bertz CT molecular complexity index is 392. The maximum absolute atomic E-state index is 5.36. The van der Waals surface area contributed by atoms with Gasteiger partial charge < -0.3 is 5.73 Å². The molecule has 0 aliphatic rings. The first-order valence-corrected chi connectivity index (χ1v) is 5.28. The Labute approximate surface area is 97.2 Å². The zero-order valence-corrected chi connectivity index (χ0v) is 9.34. The Kier molecular flexibility index (Phi) is 5.49. The van der Waals surface area contributed by atoms with E-state index in [4.69, 9.17) is 5.73 Å². The monoisotopic (exact) mass is 211 g/mol. The lowest BCUT2D eigenvalue weighted by Crippen LogP contribution is -1.79. The molecule has 0 radical (unpaired) electrons. The average Bonchev–Trinajstić information content (AvgIpc) is 2.33. The molecule has 0 atom stereocenters. The maximum Gasteiger partial charge on any atom is 0.0313 e. The van der Waals surface area contributed by atoms with Crippen LogP contribution in [0.2, 0.25) is 0 Å². The molecular formula is C15H17N.